The number of sulfone groups is 1. The topological polar surface area (TPSA) is 34.1 Å². The van der Waals surface area contributed by atoms with Crippen LogP contribution in [0.3, 0.4) is 0 Å². The van der Waals surface area contributed by atoms with Crippen LogP contribution in [0.25, 0.3) is 0 Å². The van der Waals surface area contributed by atoms with Crippen LogP contribution < -0.4 is 0 Å². The first-order valence-electron chi connectivity index (χ1n) is 5.56. The molecule has 0 bridgehead atoms. The lowest BCUT2D eigenvalue weighted by atomic mass is 9.96. The van der Waals surface area contributed by atoms with E-state index in [0.29, 0.717) is 11.3 Å². The van der Waals surface area contributed by atoms with Gasteiger partial charge >= 0.3 is 0 Å². The SMILES string of the molecule is C=C1CCCC(S(=O)(=O)c2ccccc2)C1. The molecule has 1 aromatic rings. The van der Waals surface area contributed by atoms with Gasteiger partial charge in [-0.2, -0.15) is 0 Å². The highest BCUT2D eigenvalue weighted by Gasteiger charge is 2.29. The summed E-state index contributed by atoms with van der Waals surface area (Å²) in [5.41, 5.74) is 1.07. The van der Waals surface area contributed by atoms with Gasteiger partial charge in [-0.3, -0.25) is 0 Å². The number of benzene rings is 1. The van der Waals surface area contributed by atoms with Crippen LogP contribution in [0.5, 0.6) is 0 Å². The minimum Gasteiger partial charge on any atom is -0.223 e. The lowest BCUT2D eigenvalue weighted by molar-refractivity contribution is 0.540. The van der Waals surface area contributed by atoms with Gasteiger partial charge < -0.3 is 0 Å². The number of rotatable bonds is 2. The fraction of sp³-hybridized carbons (Fsp3) is 0.385. The first-order valence-corrected chi connectivity index (χ1v) is 7.11. The first kappa shape index (κ1) is 11.4. The third kappa shape index (κ3) is 2.19. The van der Waals surface area contributed by atoms with E-state index in [0.717, 1.165) is 24.8 Å². The maximum Gasteiger partial charge on any atom is 0.181 e. The molecule has 86 valence electrons. The summed E-state index contributed by atoms with van der Waals surface area (Å²) in [5.74, 6) is 0. The highest BCUT2D eigenvalue weighted by molar-refractivity contribution is 7.92. The Kier molecular flexibility index (Phi) is 3.15. The van der Waals surface area contributed by atoms with Gasteiger partial charge in [0, 0.05) is 0 Å². The average Bonchev–Trinajstić information content (AvgIpc) is 2.30. The summed E-state index contributed by atoms with van der Waals surface area (Å²) in [6.45, 7) is 3.91. The van der Waals surface area contributed by atoms with Gasteiger partial charge in [0.1, 0.15) is 0 Å². The van der Waals surface area contributed by atoms with Crippen molar-refractivity contribution in [3.8, 4) is 0 Å². The van der Waals surface area contributed by atoms with E-state index in [4.69, 9.17) is 0 Å². The molecule has 0 heterocycles. The van der Waals surface area contributed by atoms with Gasteiger partial charge in [0.25, 0.3) is 0 Å². The summed E-state index contributed by atoms with van der Waals surface area (Å²) in [6, 6.07) is 8.72. The second kappa shape index (κ2) is 4.42. The number of hydrogen-bond donors (Lipinski definition) is 0. The summed E-state index contributed by atoms with van der Waals surface area (Å²) in [6.07, 6.45) is 3.30. The predicted molar refractivity (Wildman–Crippen MR) is 65.0 cm³/mol. The summed E-state index contributed by atoms with van der Waals surface area (Å²) in [5, 5.41) is -0.267. The summed E-state index contributed by atoms with van der Waals surface area (Å²) in [7, 11) is -3.16. The van der Waals surface area contributed by atoms with Crippen LogP contribution in [0.2, 0.25) is 0 Å². The van der Waals surface area contributed by atoms with Crippen LogP contribution in [0.4, 0.5) is 0 Å². The molecule has 1 fully saturated rings. The van der Waals surface area contributed by atoms with Crippen LogP contribution >= 0.6 is 0 Å². The lowest BCUT2D eigenvalue weighted by Gasteiger charge is -2.23. The van der Waals surface area contributed by atoms with Crippen molar-refractivity contribution in [1.82, 2.24) is 0 Å². The minimum atomic E-state index is -3.16. The van der Waals surface area contributed by atoms with Crippen molar-refractivity contribution in [2.24, 2.45) is 0 Å². The fourth-order valence-electron chi connectivity index (χ4n) is 2.17. The molecule has 0 aliphatic heterocycles. The Hall–Kier alpha value is -1.09. The molecule has 3 heteroatoms. The highest BCUT2D eigenvalue weighted by atomic mass is 32.2. The van der Waals surface area contributed by atoms with Crippen molar-refractivity contribution in [2.45, 2.75) is 35.8 Å². The van der Waals surface area contributed by atoms with Crippen LogP contribution in [0.15, 0.2) is 47.4 Å². The Labute approximate surface area is 96.9 Å². The van der Waals surface area contributed by atoms with Gasteiger partial charge in [0.2, 0.25) is 0 Å². The van der Waals surface area contributed by atoms with Gasteiger partial charge in [-0.05, 0) is 37.8 Å². The monoisotopic (exact) mass is 236 g/mol. The largest absolute Gasteiger partial charge is 0.223 e. The van der Waals surface area contributed by atoms with Crippen LogP contribution in [-0.4, -0.2) is 13.7 Å². The van der Waals surface area contributed by atoms with Crippen molar-refractivity contribution in [1.29, 1.82) is 0 Å². The maximum atomic E-state index is 12.3. The van der Waals surface area contributed by atoms with Crippen LogP contribution in [-0.2, 0) is 9.84 Å². The van der Waals surface area contributed by atoms with Crippen molar-refractivity contribution < 1.29 is 8.42 Å². The van der Waals surface area contributed by atoms with E-state index in [2.05, 4.69) is 6.58 Å². The minimum absolute atomic E-state index is 0.267. The normalized spacial score (nSPS) is 22.0. The van der Waals surface area contributed by atoms with Crippen LogP contribution in [0, 0.1) is 0 Å². The molecule has 16 heavy (non-hydrogen) atoms. The van der Waals surface area contributed by atoms with Gasteiger partial charge in [-0.15, -0.1) is 0 Å². The molecule has 0 radical (unpaired) electrons. The highest BCUT2D eigenvalue weighted by Crippen LogP contribution is 2.30. The van der Waals surface area contributed by atoms with E-state index in [1.165, 1.54) is 0 Å². The fourth-order valence-corrected chi connectivity index (χ4v) is 4.03. The van der Waals surface area contributed by atoms with Gasteiger partial charge in [-0.1, -0.05) is 30.4 Å². The van der Waals surface area contributed by atoms with Gasteiger partial charge in [0.05, 0.1) is 10.1 Å². The van der Waals surface area contributed by atoms with E-state index in [-0.39, 0.29) is 5.25 Å². The van der Waals surface area contributed by atoms with Crippen LogP contribution in [0.1, 0.15) is 25.7 Å². The molecular formula is C13H16O2S. The molecule has 1 unspecified atom stereocenters. The third-order valence-corrected chi connectivity index (χ3v) is 5.29. The zero-order chi connectivity index (χ0) is 11.6. The molecule has 1 aliphatic rings. The molecule has 1 atom stereocenters. The Morgan fingerprint density at radius 2 is 1.88 bits per heavy atom. The molecule has 0 amide bonds. The maximum absolute atomic E-state index is 12.3. The second-order valence-corrected chi connectivity index (χ2v) is 6.55. The molecule has 0 aromatic heterocycles. The molecule has 1 aromatic carbocycles. The molecular weight excluding hydrogens is 220 g/mol. The average molecular weight is 236 g/mol. The Morgan fingerprint density at radius 3 is 2.50 bits per heavy atom. The van der Waals surface area contributed by atoms with Gasteiger partial charge in [0.15, 0.2) is 9.84 Å². The summed E-state index contributed by atoms with van der Waals surface area (Å²) >= 11 is 0. The first-order chi connectivity index (χ1) is 7.60. The predicted octanol–water partition coefficient (Wildman–Crippen LogP) is 2.96. The summed E-state index contributed by atoms with van der Waals surface area (Å²) < 4.78 is 24.6. The zero-order valence-electron chi connectivity index (χ0n) is 9.22. The molecule has 0 N–H and O–H groups in total. The molecule has 0 spiro atoms. The summed E-state index contributed by atoms with van der Waals surface area (Å²) in [4.78, 5) is 0.440. The van der Waals surface area contributed by atoms with Crippen molar-refractivity contribution >= 4 is 9.84 Å². The quantitative estimate of drug-likeness (QED) is 0.740. The Balaban J connectivity index is 2.29. The zero-order valence-corrected chi connectivity index (χ0v) is 10.0. The molecule has 1 saturated carbocycles. The number of allylic oxidation sites excluding steroid dienone is 1. The van der Waals surface area contributed by atoms with E-state index in [9.17, 15) is 8.42 Å². The Bertz CT molecular complexity index is 474. The Morgan fingerprint density at radius 1 is 1.19 bits per heavy atom. The van der Waals surface area contributed by atoms with E-state index in [1.54, 1.807) is 24.3 Å². The molecule has 2 nitrogen and oxygen atoms in total. The third-order valence-electron chi connectivity index (χ3n) is 3.08. The van der Waals surface area contributed by atoms with Gasteiger partial charge in [-0.25, -0.2) is 8.42 Å². The molecule has 0 saturated heterocycles. The van der Waals surface area contributed by atoms with Crippen molar-refractivity contribution in [3.63, 3.8) is 0 Å². The smallest absolute Gasteiger partial charge is 0.181 e. The van der Waals surface area contributed by atoms with E-state index >= 15 is 0 Å². The van der Waals surface area contributed by atoms with Crippen molar-refractivity contribution in [2.75, 3.05) is 0 Å². The van der Waals surface area contributed by atoms with E-state index in [1.807, 2.05) is 6.07 Å². The standard InChI is InChI=1S/C13H16O2S/c1-11-6-5-9-13(10-11)16(14,15)12-7-3-2-4-8-12/h2-4,7-8,13H,1,5-6,9-10H2. The molecule has 1 aliphatic carbocycles. The number of hydrogen-bond acceptors (Lipinski definition) is 2. The van der Waals surface area contributed by atoms with E-state index < -0.39 is 9.84 Å². The lowest BCUT2D eigenvalue weighted by Crippen LogP contribution is -2.24. The molecule has 2 rings (SSSR count). The van der Waals surface area contributed by atoms with Crippen molar-refractivity contribution in [3.05, 3.63) is 42.5 Å². The second-order valence-electron chi connectivity index (χ2n) is 4.33.